The normalized spacial score (nSPS) is 13.6. The fraction of sp³-hybridized carbons (Fsp3) is 0.364. The lowest BCUT2D eigenvalue weighted by molar-refractivity contribution is -0.141. The zero-order chi connectivity index (χ0) is 12.1. The number of carboxylic acids is 1. The molecule has 0 spiro atoms. The highest BCUT2D eigenvalue weighted by Crippen LogP contribution is 2.11. The molecule has 1 heterocycles. The molecule has 1 aromatic rings. The molecule has 0 bridgehead atoms. The molecule has 0 aliphatic heterocycles. The lowest BCUT2D eigenvalue weighted by Gasteiger charge is -2.18. The molecule has 0 amide bonds. The van der Waals surface area contributed by atoms with E-state index in [1.54, 1.807) is 32.0 Å². The van der Waals surface area contributed by atoms with Crippen molar-refractivity contribution in [1.29, 1.82) is 5.26 Å². The second-order valence-electron chi connectivity index (χ2n) is 3.58. The lowest BCUT2D eigenvalue weighted by atomic mass is 10.0. The van der Waals surface area contributed by atoms with Gasteiger partial charge in [0.25, 0.3) is 0 Å². The zero-order valence-corrected chi connectivity index (χ0v) is 9.14. The summed E-state index contributed by atoms with van der Waals surface area (Å²) in [4.78, 5) is 14.7. The standard InChI is InChI=1S/C11H13N3O2/c1-7(11(15)16)8(2)13-10-5-3-4-9(6-12)14-10/h3-5,7-8H,1-2H3,(H,13,14)(H,15,16). The van der Waals surface area contributed by atoms with Crippen LogP contribution >= 0.6 is 0 Å². The van der Waals surface area contributed by atoms with E-state index in [0.29, 0.717) is 11.5 Å². The van der Waals surface area contributed by atoms with Crippen LogP contribution in [0.4, 0.5) is 5.82 Å². The SMILES string of the molecule is CC(Nc1cccc(C#N)n1)C(C)C(=O)O. The Hall–Kier alpha value is -2.09. The Morgan fingerprint density at radius 3 is 2.81 bits per heavy atom. The molecular weight excluding hydrogens is 206 g/mol. The van der Waals surface area contributed by atoms with Gasteiger partial charge in [-0.1, -0.05) is 6.07 Å². The fourth-order valence-corrected chi connectivity index (χ4v) is 1.15. The van der Waals surface area contributed by atoms with Crippen LogP contribution in [0.1, 0.15) is 19.5 Å². The van der Waals surface area contributed by atoms with E-state index in [1.807, 2.05) is 6.07 Å². The van der Waals surface area contributed by atoms with Crippen molar-refractivity contribution in [1.82, 2.24) is 4.98 Å². The van der Waals surface area contributed by atoms with E-state index < -0.39 is 11.9 Å². The van der Waals surface area contributed by atoms with Crippen molar-refractivity contribution >= 4 is 11.8 Å². The van der Waals surface area contributed by atoms with Gasteiger partial charge in [0.2, 0.25) is 0 Å². The van der Waals surface area contributed by atoms with E-state index in [2.05, 4.69) is 10.3 Å². The summed E-state index contributed by atoms with van der Waals surface area (Å²) < 4.78 is 0. The third kappa shape index (κ3) is 2.95. The predicted octanol–water partition coefficient (Wildman–Crippen LogP) is 1.47. The van der Waals surface area contributed by atoms with Crippen molar-refractivity contribution in [3.63, 3.8) is 0 Å². The molecule has 2 unspecified atom stereocenters. The maximum absolute atomic E-state index is 10.7. The number of pyridine rings is 1. The van der Waals surface area contributed by atoms with Crippen molar-refractivity contribution in [2.45, 2.75) is 19.9 Å². The average molecular weight is 219 g/mol. The Morgan fingerprint density at radius 2 is 2.25 bits per heavy atom. The smallest absolute Gasteiger partial charge is 0.308 e. The molecule has 84 valence electrons. The fourth-order valence-electron chi connectivity index (χ4n) is 1.15. The largest absolute Gasteiger partial charge is 0.481 e. The molecule has 0 aliphatic rings. The van der Waals surface area contributed by atoms with Gasteiger partial charge in [-0.15, -0.1) is 0 Å². The van der Waals surface area contributed by atoms with Crippen LogP contribution in [0.3, 0.4) is 0 Å². The van der Waals surface area contributed by atoms with Gasteiger partial charge in [0.1, 0.15) is 17.6 Å². The maximum atomic E-state index is 10.7. The Balaban J connectivity index is 2.73. The highest BCUT2D eigenvalue weighted by atomic mass is 16.4. The Kier molecular flexibility index (Phi) is 3.84. The zero-order valence-electron chi connectivity index (χ0n) is 9.14. The molecule has 16 heavy (non-hydrogen) atoms. The van der Waals surface area contributed by atoms with Crippen molar-refractivity contribution in [2.24, 2.45) is 5.92 Å². The number of aromatic nitrogens is 1. The summed E-state index contributed by atoms with van der Waals surface area (Å²) in [5.41, 5.74) is 0.306. The van der Waals surface area contributed by atoms with Gasteiger partial charge in [-0.2, -0.15) is 5.26 Å². The topological polar surface area (TPSA) is 86.0 Å². The Bertz CT molecular complexity index is 425. The number of nitrogens with zero attached hydrogens (tertiary/aromatic N) is 2. The summed E-state index contributed by atoms with van der Waals surface area (Å²) in [6.07, 6.45) is 0. The molecule has 2 N–H and O–H groups in total. The van der Waals surface area contributed by atoms with Gasteiger partial charge in [-0.05, 0) is 26.0 Å². The summed E-state index contributed by atoms with van der Waals surface area (Å²) in [5, 5.41) is 20.4. The molecule has 0 fully saturated rings. The second kappa shape index (κ2) is 5.12. The molecule has 2 atom stereocenters. The van der Waals surface area contributed by atoms with Crippen LogP contribution in [-0.2, 0) is 4.79 Å². The molecule has 0 saturated carbocycles. The van der Waals surface area contributed by atoms with Crippen molar-refractivity contribution < 1.29 is 9.90 Å². The van der Waals surface area contributed by atoms with Crippen LogP contribution in [0.25, 0.3) is 0 Å². The van der Waals surface area contributed by atoms with E-state index in [1.165, 1.54) is 0 Å². The van der Waals surface area contributed by atoms with Gasteiger partial charge in [-0.3, -0.25) is 4.79 Å². The molecule has 1 rings (SSSR count). The van der Waals surface area contributed by atoms with E-state index >= 15 is 0 Å². The van der Waals surface area contributed by atoms with Gasteiger partial charge < -0.3 is 10.4 Å². The first kappa shape index (κ1) is 12.0. The number of aliphatic carboxylic acids is 1. The quantitative estimate of drug-likeness (QED) is 0.800. The summed E-state index contributed by atoms with van der Waals surface area (Å²) in [7, 11) is 0. The lowest BCUT2D eigenvalue weighted by Crippen LogP contribution is -2.30. The second-order valence-corrected chi connectivity index (χ2v) is 3.58. The number of carboxylic acid groups (broad SMARTS) is 1. The number of carbonyl (C=O) groups is 1. The predicted molar refractivity (Wildman–Crippen MR) is 58.8 cm³/mol. The van der Waals surface area contributed by atoms with Crippen LogP contribution in [-0.4, -0.2) is 22.1 Å². The number of hydrogen-bond donors (Lipinski definition) is 2. The Morgan fingerprint density at radius 1 is 1.56 bits per heavy atom. The average Bonchev–Trinajstić information content (AvgIpc) is 2.28. The summed E-state index contributed by atoms with van der Waals surface area (Å²) >= 11 is 0. The number of nitrogens with one attached hydrogen (secondary N) is 1. The molecule has 0 aromatic carbocycles. The molecule has 0 saturated heterocycles. The van der Waals surface area contributed by atoms with Gasteiger partial charge in [-0.25, -0.2) is 4.98 Å². The maximum Gasteiger partial charge on any atom is 0.308 e. The van der Waals surface area contributed by atoms with Gasteiger partial charge in [0, 0.05) is 6.04 Å². The summed E-state index contributed by atoms with van der Waals surface area (Å²) in [5.74, 6) is -0.872. The van der Waals surface area contributed by atoms with Crippen LogP contribution in [0.2, 0.25) is 0 Å². The third-order valence-electron chi connectivity index (χ3n) is 2.38. The summed E-state index contributed by atoms with van der Waals surface area (Å²) in [6, 6.07) is 6.67. The minimum absolute atomic E-state index is 0.251. The molecule has 1 aromatic heterocycles. The molecule has 0 aliphatic carbocycles. The molecule has 0 radical (unpaired) electrons. The number of anilines is 1. The van der Waals surface area contributed by atoms with E-state index in [-0.39, 0.29) is 6.04 Å². The highest BCUT2D eigenvalue weighted by Gasteiger charge is 2.19. The van der Waals surface area contributed by atoms with Gasteiger partial charge in [0.15, 0.2) is 0 Å². The first-order valence-electron chi connectivity index (χ1n) is 4.91. The van der Waals surface area contributed by atoms with Crippen LogP contribution < -0.4 is 5.32 Å². The monoisotopic (exact) mass is 219 g/mol. The van der Waals surface area contributed by atoms with Crippen molar-refractivity contribution in [3.05, 3.63) is 23.9 Å². The Labute approximate surface area is 93.7 Å². The van der Waals surface area contributed by atoms with E-state index in [0.717, 1.165) is 0 Å². The van der Waals surface area contributed by atoms with Crippen LogP contribution in [0.15, 0.2) is 18.2 Å². The first-order valence-corrected chi connectivity index (χ1v) is 4.91. The summed E-state index contributed by atoms with van der Waals surface area (Å²) in [6.45, 7) is 3.38. The highest BCUT2D eigenvalue weighted by molar-refractivity contribution is 5.71. The first-order chi connectivity index (χ1) is 7.54. The van der Waals surface area contributed by atoms with Crippen molar-refractivity contribution in [2.75, 3.05) is 5.32 Å². The van der Waals surface area contributed by atoms with Crippen LogP contribution in [0, 0.1) is 17.2 Å². The van der Waals surface area contributed by atoms with E-state index in [4.69, 9.17) is 10.4 Å². The van der Waals surface area contributed by atoms with Crippen molar-refractivity contribution in [3.8, 4) is 6.07 Å². The minimum Gasteiger partial charge on any atom is -0.481 e. The number of rotatable bonds is 4. The minimum atomic E-state index is -0.864. The number of nitriles is 1. The molecular formula is C11H13N3O2. The van der Waals surface area contributed by atoms with Crippen LogP contribution in [0.5, 0.6) is 0 Å². The van der Waals surface area contributed by atoms with Gasteiger partial charge >= 0.3 is 5.97 Å². The molecule has 5 nitrogen and oxygen atoms in total. The van der Waals surface area contributed by atoms with E-state index in [9.17, 15) is 4.79 Å². The number of hydrogen-bond acceptors (Lipinski definition) is 4. The van der Waals surface area contributed by atoms with Gasteiger partial charge in [0.05, 0.1) is 5.92 Å². The third-order valence-corrected chi connectivity index (χ3v) is 2.38. The molecule has 5 heteroatoms.